The normalized spacial score (nSPS) is 27.8. The largest absolute Gasteiger partial charge is 0.313 e. The average Bonchev–Trinajstić information content (AvgIpc) is 3.02. The van der Waals surface area contributed by atoms with Crippen LogP contribution in [-0.4, -0.2) is 37.1 Å². The Kier molecular flexibility index (Phi) is 5.10. The Bertz CT molecular complexity index is 376. The van der Waals surface area contributed by atoms with Crippen molar-refractivity contribution >= 4 is 0 Å². The van der Waals surface area contributed by atoms with Crippen LogP contribution >= 0.6 is 0 Å². The van der Waals surface area contributed by atoms with E-state index in [1.165, 1.54) is 64.7 Å². The van der Waals surface area contributed by atoms with Crippen LogP contribution in [0.25, 0.3) is 0 Å². The van der Waals surface area contributed by atoms with E-state index in [0.29, 0.717) is 0 Å². The first-order valence-corrected chi connectivity index (χ1v) is 8.42. The molecule has 110 valence electrons. The summed E-state index contributed by atoms with van der Waals surface area (Å²) in [6.07, 6.45) is 8.21. The molecule has 2 nitrogen and oxygen atoms in total. The smallest absolute Gasteiger partial charge is 0.0107 e. The van der Waals surface area contributed by atoms with Gasteiger partial charge in [-0.05, 0) is 63.1 Å². The summed E-state index contributed by atoms with van der Waals surface area (Å²) in [6, 6.07) is 11.8. The standard InChI is InChI=1S/C18H28N2/c1-2-6-16(7-3-1)17-8-10-18(11-9-17)19-12-15-20-13-4-5-14-20/h1-3,6-7,17-19H,4-5,8-15H2. The zero-order valence-corrected chi connectivity index (χ0v) is 12.6. The second kappa shape index (κ2) is 7.24. The molecule has 0 bridgehead atoms. The van der Waals surface area contributed by atoms with Gasteiger partial charge in [0.05, 0.1) is 0 Å². The number of hydrogen-bond donors (Lipinski definition) is 1. The second-order valence-corrected chi connectivity index (χ2v) is 6.46. The van der Waals surface area contributed by atoms with Crippen molar-refractivity contribution in [3.05, 3.63) is 35.9 Å². The maximum atomic E-state index is 3.78. The van der Waals surface area contributed by atoms with Crippen molar-refractivity contribution < 1.29 is 0 Å². The van der Waals surface area contributed by atoms with Gasteiger partial charge < -0.3 is 10.2 Å². The van der Waals surface area contributed by atoms with E-state index in [9.17, 15) is 0 Å². The molecule has 2 aliphatic rings. The van der Waals surface area contributed by atoms with E-state index in [-0.39, 0.29) is 0 Å². The molecule has 0 unspecified atom stereocenters. The van der Waals surface area contributed by atoms with Crippen molar-refractivity contribution in [2.75, 3.05) is 26.2 Å². The van der Waals surface area contributed by atoms with Gasteiger partial charge in [-0.1, -0.05) is 30.3 Å². The van der Waals surface area contributed by atoms with E-state index in [2.05, 4.69) is 40.5 Å². The van der Waals surface area contributed by atoms with Crippen LogP contribution in [0.2, 0.25) is 0 Å². The van der Waals surface area contributed by atoms with Crippen molar-refractivity contribution in [2.24, 2.45) is 0 Å². The van der Waals surface area contributed by atoms with E-state index in [1.54, 1.807) is 5.56 Å². The number of benzene rings is 1. The van der Waals surface area contributed by atoms with E-state index < -0.39 is 0 Å². The molecule has 1 aliphatic heterocycles. The van der Waals surface area contributed by atoms with Gasteiger partial charge in [0.2, 0.25) is 0 Å². The van der Waals surface area contributed by atoms with Crippen LogP contribution in [-0.2, 0) is 0 Å². The molecule has 1 aromatic carbocycles. The van der Waals surface area contributed by atoms with E-state index in [1.807, 2.05) is 0 Å². The zero-order valence-electron chi connectivity index (χ0n) is 12.6. The number of nitrogens with zero attached hydrogens (tertiary/aromatic N) is 1. The molecule has 20 heavy (non-hydrogen) atoms. The Morgan fingerprint density at radius 3 is 2.35 bits per heavy atom. The van der Waals surface area contributed by atoms with Crippen LogP contribution in [0.5, 0.6) is 0 Å². The van der Waals surface area contributed by atoms with Gasteiger partial charge in [-0.15, -0.1) is 0 Å². The summed E-state index contributed by atoms with van der Waals surface area (Å²) in [5, 5.41) is 3.78. The van der Waals surface area contributed by atoms with Crippen molar-refractivity contribution in [1.82, 2.24) is 10.2 Å². The maximum Gasteiger partial charge on any atom is 0.0107 e. The third-order valence-corrected chi connectivity index (χ3v) is 5.06. The van der Waals surface area contributed by atoms with Crippen LogP contribution in [0.1, 0.15) is 50.0 Å². The van der Waals surface area contributed by atoms with E-state index >= 15 is 0 Å². The first kappa shape index (κ1) is 14.1. The number of likely N-dealkylation sites (tertiary alicyclic amines) is 1. The Balaban J connectivity index is 1.36. The molecule has 1 N–H and O–H groups in total. The SMILES string of the molecule is c1ccc(C2CCC(NCCN3CCCC3)CC2)cc1. The third-order valence-electron chi connectivity index (χ3n) is 5.06. The lowest BCUT2D eigenvalue weighted by Crippen LogP contribution is -2.38. The van der Waals surface area contributed by atoms with Gasteiger partial charge in [0.1, 0.15) is 0 Å². The maximum absolute atomic E-state index is 3.78. The predicted octanol–water partition coefficient (Wildman–Crippen LogP) is 3.40. The summed E-state index contributed by atoms with van der Waals surface area (Å²) in [5.41, 5.74) is 1.54. The highest BCUT2D eigenvalue weighted by atomic mass is 15.2. The number of nitrogens with one attached hydrogen (secondary N) is 1. The van der Waals surface area contributed by atoms with Gasteiger partial charge in [-0.3, -0.25) is 0 Å². The van der Waals surface area contributed by atoms with Gasteiger partial charge in [0.25, 0.3) is 0 Å². The number of rotatable bonds is 5. The molecule has 1 saturated carbocycles. The van der Waals surface area contributed by atoms with Crippen LogP contribution in [0, 0.1) is 0 Å². The van der Waals surface area contributed by atoms with Gasteiger partial charge in [0, 0.05) is 19.1 Å². The monoisotopic (exact) mass is 272 g/mol. The average molecular weight is 272 g/mol. The molecule has 0 atom stereocenters. The van der Waals surface area contributed by atoms with Crippen molar-refractivity contribution in [3.8, 4) is 0 Å². The first-order valence-electron chi connectivity index (χ1n) is 8.42. The van der Waals surface area contributed by atoms with Crippen molar-refractivity contribution in [3.63, 3.8) is 0 Å². The molecule has 2 fully saturated rings. The molecular formula is C18H28N2. The molecule has 0 amide bonds. The molecule has 1 saturated heterocycles. The van der Waals surface area contributed by atoms with Crippen LogP contribution in [0.4, 0.5) is 0 Å². The summed E-state index contributed by atoms with van der Waals surface area (Å²) in [7, 11) is 0. The van der Waals surface area contributed by atoms with Crippen molar-refractivity contribution in [2.45, 2.75) is 50.5 Å². The molecule has 2 heteroatoms. The Labute approximate surface area is 123 Å². The molecule has 0 spiro atoms. The lowest BCUT2D eigenvalue weighted by atomic mass is 9.82. The Hall–Kier alpha value is -0.860. The lowest BCUT2D eigenvalue weighted by Gasteiger charge is -2.30. The highest BCUT2D eigenvalue weighted by Gasteiger charge is 2.22. The fourth-order valence-corrected chi connectivity index (χ4v) is 3.79. The summed E-state index contributed by atoms with van der Waals surface area (Å²) in [6.45, 7) is 5.07. The van der Waals surface area contributed by atoms with E-state index in [4.69, 9.17) is 0 Å². The number of hydrogen-bond acceptors (Lipinski definition) is 2. The van der Waals surface area contributed by atoms with Crippen LogP contribution in [0.3, 0.4) is 0 Å². The van der Waals surface area contributed by atoms with Gasteiger partial charge >= 0.3 is 0 Å². The molecule has 1 heterocycles. The first-order chi connectivity index (χ1) is 9.92. The predicted molar refractivity (Wildman–Crippen MR) is 85.1 cm³/mol. The summed E-state index contributed by atoms with van der Waals surface area (Å²) >= 11 is 0. The topological polar surface area (TPSA) is 15.3 Å². The Morgan fingerprint density at radius 2 is 1.65 bits per heavy atom. The molecular weight excluding hydrogens is 244 g/mol. The van der Waals surface area contributed by atoms with Crippen molar-refractivity contribution in [1.29, 1.82) is 0 Å². The van der Waals surface area contributed by atoms with E-state index in [0.717, 1.165) is 12.0 Å². The molecule has 1 aliphatic carbocycles. The minimum absolute atomic E-state index is 0.762. The van der Waals surface area contributed by atoms with Gasteiger partial charge in [-0.25, -0.2) is 0 Å². The van der Waals surface area contributed by atoms with Gasteiger partial charge in [-0.2, -0.15) is 0 Å². The minimum Gasteiger partial charge on any atom is -0.313 e. The third kappa shape index (κ3) is 3.83. The summed E-state index contributed by atoms with van der Waals surface area (Å²) in [4.78, 5) is 2.60. The van der Waals surface area contributed by atoms with Gasteiger partial charge in [0.15, 0.2) is 0 Å². The zero-order chi connectivity index (χ0) is 13.6. The van der Waals surface area contributed by atoms with Crippen LogP contribution in [0.15, 0.2) is 30.3 Å². The highest BCUT2D eigenvalue weighted by Crippen LogP contribution is 2.32. The summed E-state index contributed by atoms with van der Waals surface area (Å²) in [5.74, 6) is 0.799. The molecule has 1 aromatic rings. The molecule has 3 rings (SSSR count). The summed E-state index contributed by atoms with van der Waals surface area (Å²) < 4.78 is 0. The quantitative estimate of drug-likeness (QED) is 0.884. The molecule has 0 aromatic heterocycles. The highest BCUT2D eigenvalue weighted by molar-refractivity contribution is 5.20. The second-order valence-electron chi connectivity index (χ2n) is 6.46. The van der Waals surface area contributed by atoms with Crippen LogP contribution < -0.4 is 5.32 Å². The molecule has 0 radical (unpaired) electrons. The fraction of sp³-hybridized carbons (Fsp3) is 0.667. The lowest BCUT2D eigenvalue weighted by molar-refractivity contribution is 0.299. The Morgan fingerprint density at radius 1 is 0.950 bits per heavy atom. The fourth-order valence-electron chi connectivity index (χ4n) is 3.79. The minimum atomic E-state index is 0.762.